The number of rotatable bonds is 10. The molecule has 0 fully saturated rings. The topological polar surface area (TPSA) is 78.9 Å². The minimum absolute atomic E-state index is 0. The maximum atomic E-state index is 11.7. The third kappa shape index (κ3) is 9.33. The zero-order valence-electron chi connectivity index (χ0n) is 12.7. The largest absolute Gasteiger partial charge is 0.480 e. The van der Waals surface area contributed by atoms with Crippen LogP contribution < -0.4 is 5.32 Å². The van der Waals surface area contributed by atoms with Gasteiger partial charge in [-0.15, -0.1) is 12.4 Å². The van der Waals surface area contributed by atoms with Crippen molar-refractivity contribution in [3.8, 4) is 0 Å². The lowest BCUT2D eigenvalue weighted by atomic mass is 10.1. The van der Waals surface area contributed by atoms with Gasteiger partial charge in [-0.3, -0.25) is 14.5 Å². The van der Waals surface area contributed by atoms with Crippen molar-refractivity contribution in [1.82, 2.24) is 10.2 Å². The molecule has 0 atom stereocenters. The van der Waals surface area contributed by atoms with Crippen LogP contribution in [0.25, 0.3) is 0 Å². The van der Waals surface area contributed by atoms with Gasteiger partial charge in [-0.2, -0.15) is 0 Å². The van der Waals surface area contributed by atoms with Gasteiger partial charge in [-0.1, -0.05) is 30.3 Å². The molecule has 0 aliphatic rings. The highest BCUT2D eigenvalue weighted by Gasteiger charge is 2.11. The maximum absolute atomic E-state index is 11.7. The lowest BCUT2D eigenvalue weighted by Gasteiger charge is -2.21. The Bertz CT molecular complexity index is 442. The van der Waals surface area contributed by atoms with Gasteiger partial charge < -0.3 is 15.2 Å². The minimum Gasteiger partial charge on any atom is -0.480 e. The van der Waals surface area contributed by atoms with Gasteiger partial charge in [-0.25, -0.2) is 0 Å². The second-order valence-electron chi connectivity index (χ2n) is 4.68. The summed E-state index contributed by atoms with van der Waals surface area (Å²) in [5.41, 5.74) is 1.20. The summed E-state index contributed by atoms with van der Waals surface area (Å²) in [6, 6.07) is 10.0. The molecule has 1 amide bonds. The van der Waals surface area contributed by atoms with Crippen molar-refractivity contribution in [2.45, 2.75) is 6.42 Å². The van der Waals surface area contributed by atoms with Gasteiger partial charge in [0.1, 0.15) is 6.54 Å². The summed E-state index contributed by atoms with van der Waals surface area (Å²) >= 11 is 0. The fourth-order valence-corrected chi connectivity index (χ4v) is 1.86. The molecule has 1 aromatic rings. The fraction of sp³-hybridized carbons (Fsp3) is 0.467. The normalized spacial score (nSPS) is 10.1. The number of methoxy groups -OCH3 is 1. The van der Waals surface area contributed by atoms with E-state index < -0.39 is 5.97 Å². The Kier molecular flexibility index (Phi) is 11.1. The molecule has 0 aliphatic heterocycles. The number of ether oxygens (including phenoxy) is 1. The molecule has 0 aromatic heterocycles. The number of amides is 1. The first-order valence-corrected chi connectivity index (χ1v) is 6.85. The quantitative estimate of drug-likeness (QED) is 0.663. The molecular weight excluding hydrogens is 308 g/mol. The van der Waals surface area contributed by atoms with Crippen LogP contribution in [0.4, 0.5) is 0 Å². The zero-order valence-corrected chi connectivity index (χ0v) is 13.5. The highest BCUT2D eigenvalue weighted by molar-refractivity contribution is 5.85. The number of hydrogen-bond donors (Lipinski definition) is 2. The van der Waals surface area contributed by atoms with Crippen LogP contribution in [0, 0.1) is 0 Å². The second-order valence-corrected chi connectivity index (χ2v) is 4.68. The number of carbonyl (C=O) groups excluding carboxylic acids is 1. The third-order valence-corrected chi connectivity index (χ3v) is 2.98. The molecule has 124 valence electrons. The van der Waals surface area contributed by atoms with Crippen LogP contribution in [-0.4, -0.2) is 61.8 Å². The van der Waals surface area contributed by atoms with E-state index >= 15 is 0 Å². The van der Waals surface area contributed by atoms with Crippen molar-refractivity contribution >= 4 is 24.3 Å². The Morgan fingerprint density at radius 1 is 1.23 bits per heavy atom. The maximum Gasteiger partial charge on any atom is 0.322 e. The summed E-state index contributed by atoms with van der Waals surface area (Å²) in [4.78, 5) is 24.1. The molecule has 0 unspecified atom stereocenters. The van der Waals surface area contributed by atoms with E-state index in [9.17, 15) is 9.59 Å². The SMILES string of the molecule is COCCN(CCc1ccccc1)CC(=O)NCC(=O)O.Cl. The first kappa shape index (κ1) is 20.4. The van der Waals surface area contributed by atoms with E-state index in [0.717, 1.165) is 6.42 Å². The van der Waals surface area contributed by atoms with Crippen LogP contribution >= 0.6 is 12.4 Å². The Hall–Kier alpha value is -1.63. The number of benzene rings is 1. The number of nitrogens with one attached hydrogen (secondary N) is 1. The van der Waals surface area contributed by atoms with E-state index in [0.29, 0.717) is 19.7 Å². The van der Waals surface area contributed by atoms with Crippen LogP contribution in [0.15, 0.2) is 30.3 Å². The number of carboxylic acids is 1. The summed E-state index contributed by atoms with van der Waals surface area (Å²) in [6.07, 6.45) is 0.830. The molecule has 0 aliphatic carbocycles. The van der Waals surface area contributed by atoms with Gasteiger partial charge in [0.25, 0.3) is 0 Å². The van der Waals surface area contributed by atoms with Gasteiger partial charge >= 0.3 is 5.97 Å². The van der Waals surface area contributed by atoms with Crippen molar-refractivity contribution in [2.75, 3.05) is 39.9 Å². The Morgan fingerprint density at radius 3 is 2.50 bits per heavy atom. The average Bonchev–Trinajstić information content (AvgIpc) is 2.49. The lowest BCUT2D eigenvalue weighted by Crippen LogP contribution is -2.41. The lowest BCUT2D eigenvalue weighted by molar-refractivity contribution is -0.138. The van der Waals surface area contributed by atoms with Crippen LogP contribution in [0.3, 0.4) is 0 Å². The smallest absolute Gasteiger partial charge is 0.322 e. The molecule has 0 heterocycles. The predicted molar refractivity (Wildman–Crippen MR) is 86.4 cm³/mol. The number of hydrogen-bond acceptors (Lipinski definition) is 4. The molecular formula is C15H23ClN2O4. The van der Waals surface area contributed by atoms with Crippen molar-refractivity contribution < 1.29 is 19.4 Å². The molecule has 0 bridgehead atoms. The van der Waals surface area contributed by atoms with Gasteiger partial charge in [0.05, 0.1) is 13.2 Å². The van der Waals surface area contributed by atoms with E-state index in [1.165, 1.54) is 5.56 Å². The fourth-order valence-electron chi connectivity index (χ4n) is 1.86. The molecule has 0 radical (unpaired) electrons. The molecule has 1 aromatic carbocycles. The number of carbonyl (C=O) groups is 2. The summed E-state index contributed by atoms with van der Waals surface area (Å²) < 4.78 is 5.04. The van der Waals surface area contributed by atoms with E-state index in [-0.39, 0.29) is 31.4 Å². The number of halogens is 1. The van der Waals surface area contributed by atoms with Crippen LogP contribution in [-0.2, 0) is 20.7 Å². The highest BCUT2D eigenvalue weighted by Crippen LogP contribution is 2.01. The van der Waals surface area contributed by atoms with Crippen molar-refractivity contribution in [1.29, 1.82) is 0 Å². The van der Waals surface area contributed by atoms with Crippen molar-refractivity contribution in [3.05, 3.63) is 35.9 Å². The van der Waals surface area contributed by atoms with E-state index in [2.05, 4.69) is 5.32 Å². The van der Waals surface area contributed by atoms with Gasteiger partial charge in [0.2, 0.25) is 5.91 Å². The Morgan fingerprint density at radius 2 is 1.91 bits per heavy atom. The van der Waals surface area contributed by atoms with Gasteiger partial charge in [0, 0.05) is 20.2 Å². The summed E-state index contributed by atoms with van der Waals surface area (Å²) in [6.45, 7) is 1.69. The molecule has 0 saturated heterocycles. The van der Waals surface area contributed by atoms with E-state index in [1.54, 1.807) is 7.11 Å². The van der Waals surface area contributed by atoms with E-state index in [1.807, 2.05) is 35.2 Å². The summed E-state index contributed by atoms with van der Waals surface area (Å²) in [5, 5.41) is 10.9. The second kappa shape index (κ2) is 12.0. The number of aliphatic carboxylic acids is 1. The molecule has 2 N–H and O–H groups in total. The monoisotopic (exact) mass is 330 g/mol. The van der Waals surface area contributed by atoms with Crippen LogP contribution in [0.1, 0.15) is 5.56 Å². The van der Waals surface area contributed by atoms with Crippen LogP contribution in [0.5, 0.6) is 0 Å². The average molecular weight is 331 g/mol. The standard InChI is InChI=1S/C15H22N2O4.ClH/c1-21-10-9-17(12-14(18)16-11-15(19)20)8-7-13-5-3-2-4-6-13;/h2-6H,7-12H2,1H3,(H,16,18)(H,19,20);1H. The van der Waals surface area contributed by atoms with Gasteiger partial charge in [0.15, 0.2) is 0 Å². The zero-order chi connectivity index (χ0) is 15.5. The summed E-state index contributed by atoms with van der Waals surface area (Å²) in [7, 11) is 1.61. The molecule has 0 saturated carbocycles. The molecule has 0 spiro atoms. The van der Waals surface area contributed by atoms with E-state index in [4.69, 9.17) is 9.84 Å². The number of carboxylic acid groups (broad SMARTS) is 1. The highest BCUT2D eigenvalue weighted by atomic mass is 35.5. The van der Waals surface area contributed by atoms with Crippen LogP contribution in [0.2, 0.25) is 0 Å². The van der Waals surface area contributed by atoms with Crippen molar-refractivity contribution in [2.24, 2.45) is 0 Å². The first-order valence-electron chi connectivity index (χ1n) is 6.85. The molecule has 6 nitrogen and oxygen atoms in total. The first-order chi connectivity index (χ1) is 10.1. The Labute approximate surface area is 136 Å². The summed E-state index contributed by atoms with van der Waals surface area (Å²) in [5.74, 6) is -1.34. The Balaban J connectivity index is 0.00000441. The van der Waals surface area contributed by atoms with Crippen molar-refractivity contribution in [3.63, 3.8) is 0 Å². The molecule has 1 rings (SSSR count). The predicted octanol–water partition coefficient (Wildman–Crippen LogP) is 0.800. The minimum atomic E-state index is -1.05. The molecule has 22 heavy (non-hydrogen) atoms. The number of nitrogens with zero attached hydrogens (tertiary/aromatic N) is 1. The van der Waals surface area contributed by atoms with Gasteiger partial charge in [-0.05, 0) is 12.0 Å². The molecule has 7 heteroatoms. The third-order valence-electron chi connectivity index (χ3n) is 2.98.